The van der Waals surface area contributed by atoms with Crippen LogP contribution in [0.4, 0.5) is 0 Å². The summed E-state index contributed by atoms with van der Waals surface area (Å²) < 4.78 is 28.5. The Morgan fingerprint density at radius 2 is 2.03 bits per heavy atom. The molecule has 0 spiro atoms. The maximum absolute atomic E-state index is 11.3. The Morgan fingerprint density at radius 3 is 2.74 bits per heavy atom. The van der Waals surface area contributed by atoms with Gasteiger partial charge in [-0.3, -0.25) is 4.90 Å². The normalized spacial score (nSPS) is 23.8. The molecular formula is C26H30N2O3. The lowest BCUT2D eigenvalue weighted by Gasteiger charge is -2.40. The van der Waals surface area contributed by atoms with E-state index in [4.69, 9.17) is 8.85 Å². The average Bonchev–Trinajstić information content (AvgIpc) is 3.51. The molecule has 1 saturated carbocycles. The highest BCUT2D eigenvalue weighted by Crippen LogP contribution is 2.47. The van der Waals surface area contributed by atoms with Crippen LogP contribution in [0.3, 0.4) is 0 Å². The van der Waals surface area contributed by atoms with Crippen LogP contribution in [0.15, 0.2) is 42.6 Å². The van der Waals surface area contributed by atoms with Crippen molar-refractivity contribution in [1.29, 1.82) is 0 Å². The monoisotopic (exact) mass is 421 g/mol. The van der Waals surface area contributed by atoms with Gasteiger partial charge in [0.05, 0.1) is 16.7 Å². The van der Waals surface area contributed by atoms with Crippen molar-refractivity contribution in [1.82, 2.24) is 9.88 Å². The number of carbonyl (C=O) groups is 1. The summed E-state index contributed by atoms with van der Waals surface area (Å²) in [7, 11) is -2.53. The van der Waals surface area contributed by atoms with E-state index in [-0.39, 0.29) is 11.6 Å². The Kier molecular flexibility index (Phi) is 4.37. The predicted octanol–water partition coefficient (Wildman–Crippen LogP) is 5.55. The fourth-order valence-corrected chi connectivity index (χ4v) is 5.31. The Labute approximate surface area is 187 Å². The second kappa shape index (κ2) is 8.04. The summed E-state index contributed by atoms with van der Waals surface area (Å²) in [6, 6.07) is 11.1. The first-order valence-electron chi connectivity index (χ1n) is 12.6. The van der Waals surface area contributed by atoms with Crippen molar-refractivity contribution in [3.05, 3.63) is 64.8 Å². The van der Waals surface area contributed by atoms with Gasteiger partial charge in [-0.05, 0) is 86.4 Å². The van der Waals surface area contributed by atoms with Crippen LogP contribution in [-0.4, -0.2) is 34.5 Å². The summed E-state index contributed by atoms with van der Waals surface area (Å²) in [6.45, 7) is 3.41. The molecule has 0 radical (unpaired) electrons. The van der Waals surface area contributed by atoms with Gasteiger partial charge in [0.1, 0.15) is 5.75 Å². The number of benzene rings is 2. The van der Waals surface area contributed by atoms with Crippen molar-refractivity contribution in [2.75, 3.05) is 13.6 Å². The molecule has 0 amide bonds. The average molecular weight is 422 g/mol. The van der Waals surface area contributed by atoms with Crippen LogP contribution in [-0.2, 0) is 6.54 Å². The molecule has 2 atom stereocenters. The third kappa shape index (κ3) is 3.83. The maximum Gasteiger partial charge on any atom is 0.335 e. The summed E-state index contributed by atoms with van der Waals surface area (Å²) >= 11 is 0. The van der Waals surface area contributed by atoms with Crippen molar-refractivity contribution < 1.29 is 18.8 Å². The number of fused-ring (bicyclic) bond motifs is 1. The van der Waals surface area contributed by atoms with Crippen LogP contribution >= 0.6 is 0 Å². The van der Waals surface area contributed by atoms with Crippen molar-refractivity contribution in [3.8, 4) is 5.75 Å². The molecular weight excluding hydrogens is 388 g/mol. The van der Waals surface area contributed by atoms with Gasteiger partial charge in [-0.15, -0.1) is 0 Å². The Hall–Kier alpha value is -2.79. The van der Waals surface area contributed by atoms with E-state index >= 15 is 0 Å². The Bertz CT molecular complexity index is 1200. The lowest BCUT2D eigenvalue weighted by Crippen LogP contribution is -2.37. The van der Waals surface area contributed by atoms with Crippen LogP contribution in [0.25, 0.3) is 10.9 Å². The van der Waals surface area contributed by atoms with E-state index < -0.39 is 13.0 Å². The van der Waals surface area contributed by atoms with E-state index in [0.717, 1.165) is 52.9 Å². The van der Waals surface area contributed by atoms with Crippen LogP contribution in [0.2, 0.25) is 0 Å². The first kappa shape index (κ1) is 16.8. The molecule has 1 aromatic heterocycles. The van der Waals surface area contributed by atoms with E-state index in [1.165, 1.54) is 12.8 Å². The number of hydrogen-bond acceptors (Lipinski definition) is 3. The van der Waals surface area contributed by atoms with Crippen molar-refractivity contribution in [2.24, 2.45) is 11.8 Å². The largest absolute Gasteiger partial charge is 0.496 e. The van der Waals surface area contributed by atoms with Crippen LogP contribution in [0.5, 0.6) is 5.75 Å². The fourth-order valence-electron chi connectivity index (χ4n) is 5.31. The van der Waals surface area contributed by atoms with Gasteiger partial charge in [0.2, 0.25) is 0 Å². The molecule has 31 heavy (non-hydrogen) atoms. The third-order valence-electron chi connectivity index (χ3n) is 7.17. The maximum atomic E-state index is 11.3. The number of aryl methyl sites for hydroxylation is 1. The SMILES string of the molecule is [2H]C([2H])([2H])Oc1cc(C)c2[nH]ccc2c1CN1CCC(C2CC2)C[C@H]1c1ccc(C(=O)O)cc1. The second-order valence-electron chi connectivity index (χ2n) is 9.07. The summed E-state index contributed by atoms with van der Waals surface area (Å²) in [5.41, 5.74) is 4.19. The lowest BCUT2D eigenvalue weighted by atomic mass is 9.83. The van der Waals surface area contributed by atoms with E-state index in [1.807, 2.05) is 37.4 Å². The molecule has 1 aliphatic carbocycles. The molecule has 3 aromatic rings. The van der Waals surface area contributed by atoms with Gasteiger partial charge in [-0.25, -0.2) is 4.79 Å². The molecule has 5 nitrogen and oxygen atoms in total. The number of aromatic carboxylic acids is 1. The van der Waals surface area contributed by atoms with Crippen LogP contribution in [0.1, 0.15) is 62.9 Å². The van der Waals surface area contributed by atoms with Gasteiger partial charge < -0.3 is 14.8 Å². The molecule has 5 rings (SSSR count). The summed E-state index contributed by atoms with van der Waals surface area (Å²) in [4.78, 5) is 17.0. The van der Waals surface area contributed by atoms with Gasteiger partial charge in [-0.2, -0.15) is 0 Å². The molecule has 1 aliphatic heterocycles. The molecule has 162 valence electrons. The molecule has 2 N–H and O–H groups in total. The molecule has 0 bridgehead atoms. The molecule has 1 unspecified atom stereocenters. The minimum absolute atomic E-state index is 0.137. The van der Waals surface area contributed by atoms with Crippen molar-refractivity contribution in [3.63, 3.8) is 0 Å². The van der Waals surface area contributed by atoms with Gasteiger partial charge in [0.25, 0.3) is 0 Å². The third-order valence-corrected chi connectivity index (χ3v) is 7.17. The topological polar surface area (TPSA) is 65.6 Å². The first-order chi connectivity index (χ1) is 16.2. The number of ether oxygens (including phenoxy) is 1. The van der Waals surface area contributed by atoms with E-state index in [2.05, 4.69) is 9.88 Å². The molecule has 2 heterocycles. The number of rotatable bonds is 6. The zero-order chi connectivity index (χ0) is 24.0. The number of methoxy groups -OCH3 is 1. The standard InChI is InChI=1S/C26H30N2O3/c1-16-13-24(31-2)22(21-9-11-27-25(16)21)15-28-12-10-20(17-3-4-17)14-23(28)18-5-7-19(8-6-18)26(29)30/h5-9,11,13,17,20,23,27H,3-4,10,12,14-15H2,1-2H3,(H,29,30)/t20?,23-/m0/s1/i2D3. The number of hydrogen-bond donors (Lipinski definition) is 2. The second-order valence-corrected chi connectivity index (χ2v) is 9.07. The fraction of sp³-hybridized carbons (Fsp3) is 0.423. The number of aromatic nitrogens is 1. The van der Waals surface area contributed by atoms with Gasteiger partial charge in [-0.1, -0.05) is 12.1 Å². The summed E-state index contributed by atoms with van der Waals surface area (Å²) in [5, 5.41) is 10.3. The highest BCUT2D eigenvalue weighted by Gasteiger charge is 2.38. The zero-order valence-corrected chi connectivity index (χ0v) is 17.7. The highest BCUT2D eigenvalue weighted by molar-refractivity contribution is 5.88. The van der Waals surface area contributed by atoms with E-state index in [9.17, 15) is 9.90 Å². The smallest absolute Gasteiger partial charge is 0.335 e. The van der Waals surface area contributed by atoms with Crippen molar-refractivity contribution >= 4 is 16.9 Å². The minimum Gasteiger partial charge on any atom is -0.496 e. The number of H-pyrrole nitrogens is 1. The Balaban J connectivity index is 1.51. The van der Waals surface area contributed by atoms with Gasteiger partial charge in [0.15, 0.2) is 0 Å². The van der Waals surface area contributed by atoms with E-state index in [0.29, 0.717) is 18.2 Å². The minimum atomic E-state index is -2.53. The molecule has 2 aromatic carbocycles. The highest BCUT2D eigenvalue weighted by atomic mass is 16.5. The van der Waals surface area contributed by atoms with E-state index in [1.54, 1.807) is 12.1 Å². The summed E-state index contributed by atoms with van der Waals surface area (Å²) in [5.74, 6) is 0.940. The quantitative estimate of drug-likeness (QED) is 0.548. The lowest BCUT2D eigenvalue weighted by molar-refractivity contribution is 0.0696. The molecule has 1 saturated heterocycles. The number of nitrogens with one attached hydrogen (secondary N) is 1. The molecule has 2 aliphatic rings. The number of nitrogens with zero attached hydrogens (tertiary/aromatic N) is 1. The van der Waals surface area contributed by atoms with Crippen LogP contribution in [0, 0.1) is 18.8 Å². The van der Waals surface area contributed by atoms with Crippen molar-refractivity contribution in [2.45, 2.75) is 45.2 Å². The Morgan fingerprint density at radius 1 is 1.23 bits per heavy atom. The predicted molar refractivity (Wildman–Crippen MR) is 122 cm³/mol. The number of likely N-dealkylation sites (tertiary alicyclic amines) is 1. The molecule has 5 heteroatoms. The first-order valence-corrected chi connectivity index (χ1v) is 11.1. The summed E-state index contributed by atoms with van der Waals surface area (Å²) in [6.07, 6.45) is 6.62. The number of piperidine rings is 1. The molecule has 2 fully saturated rings. The number of carboxylic acids is 1. The number of carboxylic acid groups (broad SMARTS) is 1. The van der Waals surface area contributed by atoms with Crippen LogP contribution < -0.4 is 4.74 Å². The van der Waals surface area contributed by atoms with Gasteiger partial charge >= 0.3 is 5.97 Å². The zero-order valence-electron chi connectivity index (χ0n) is 20.7. The number of aromatic amines is 1. The van der Waals surface area contributed by atoms with Gasteiger partial charge in [0, 0.05) is 35.2 Å².